The first-order valence-corrected chi connectivity index (χ1v) is 11.5. The molecule has 1 aliphatic rings. The molecule has 7 nitrogen and oxygen atoms in total. The van der Waals surface area contributed by atoms with Gasteiger partial charge in [-0.05, 0) is 43.1 Å². The fraction of sp³-hybridized carbons (Fsp3) is 0.364. The quantitative estimate of drug-likeness (QED) is 0.700. The fourth-order valence-corrected chi connectivity index (χ4v) is 4.27. The lowest BCUT2D eigenvalue weighted by molar-refractivity contribution is -0.135. The van der Waals surface area contributed by atoms with Crippen molar-refractivity contribution in [3.05, 3.63) is 65.7 Å². The molecule has 1 heterocycles. The van der Waals surface area contributed by atoms with Gasteiger partial charge in [0.05, 0.1) is 17.2 Å². The first-order valence-electron chi connectivity index (χ1n) is 10.0. The summed E-state index contributed by atoms with van der Waals surface area (Å²) in [5.74, 6) is -0.276. The topological polar surface area (TPSA) is 95.6 Å². The Hall–Kier alpha value is -2.71. The number of rotatable bonds is 7. The summed E-state index contributed by atoms with van der Waals surface area (Å²) in [5.41, 5.74) is 1.78. The maximum atomic E-state index is 12.6. The third-order valence-electron chi connectivity index (χ3n) is 5.31. The minimum atomic E-state index is -3.48. The van der Waals surface area contributed by atoms with Crippen LogP contribution in [-0.4, -0.2) is 45.3 Å². The van der Waals surface area contributed by atoms with Crippen LogP contribution in [0, 0.1) is 5.92 Å². The van der Waals surface area contributed by atoms with E-state index in [-0.39, 0.29) is 22.6 Å². The molecule has 8 heteroatoms. The van der Waals surface area contributed by atoms with Gasteiger partial charge < -0.3 is 10.2 Å². The summed E-state index contributed by atoms with van der Waals surface area (Å²) >= 11 is 0. The molecule has 0 bridgehead atoms. The summed E-state index contributed by atoms with van der Waals surface area (Å²) in [6.45, 7) is 1.42. The molecule has 1 unspecified atom stereocenters. The van der Waals surface area contributed by atoms with Crippen molar-refractivity contribution in [2.75, 3.05) is 20.1 Å². The predicted octanol–water partition coefficient (Wildman–Crippen LogP) is 1.69. The van der Waals surface area contributed by atoms with Gasteiger partial charge in [-0.25, -0.2) is 13.1 Å². The molecule has 0 radical (unpaired) electrons. The van der Waals surface area contributed by atoms with Gasteiger partial charge in [0.1, 0.15) is 0 Å². The van der Waals surface area contributed by atoms with Gasteiger partial charge in [0.15, 0.2) is 0 Å². The highest BCUT2D eigenvalue weighted by molar-refractivity contribution is 7.89. The fourth-order valence-electron chi connectivity index (χ4n) is 3.54. The molecule has 2 amide bonds. The number of amides is 2. The molecular weight excluding hydrogens is 402 g/mol. The van der Waals surface area contributed by atoms with Gasteiger partial charge >= 0.3 is 0 Å². The van der Waals surface area contributed by atoms with Crippen molar-refractivity contribution in [2.45, 2.75) is 30.7 Å². The lowest BCUT2D eigenvalue weighted by Crippen LogP contribution is -2.45. The van der Waals surface area contributed by atoms with Gasteiger partial charge in [-0.3, -0.25) is 9.59 Å². The second-order valence-corrected chi connectivity index (χ2v) is 9.30. The highest BCUT2D eigenvalue weighted by atomic mass is 32.2. The zero-order valence-corrected chi connectivity index (χ0v) is 17.8. The van der Waals surface area contributed by atoms with E-state index in [9.17, 15) is 18.0 Å². The SMILES string of the molecule is CNS(=O)(=O)c1ccc(CNC(=O)C2CCCN(C(=O)Cc3ccccc3)C2)cc1. The van der Waals surface area contributed by atoms with E-state index in [1.807, 2.05) is 30.3 Å². The number of hydrogen-bond acceptors (Lipinski definition) is 4. The molecule has 2 aromatic rings. The Kier molecular flexibility index (Phi) is 7.23. The maximum Gasteiger partial charge on any atom is 0.240 e. The minimum absolute atomic E-state index is 0.0417. The van der Waals surface area contributed by atoms with Crippen molar-refractivity contribution >= 4 is 21.8 Å². The zero-order valence-electron chi connectivity index (χ0n) is 17.0. The van der Waals surface area contributed by atoms with Crippen molar-refractivity contribution in [1.29, 1.82) is 0 Å². The zero-order chi connectivity index (χ0) is 21.6. The Morgan fingerprint density at radius 2 is 1.73 bits per heavy atom. The molecular formula is C22H27N3O4S. The Bertz CT molecular complexity index is 975. The number of hydrogen-bond donors (Lipinski definition) is 2. The van der Waals surface area contributed by atoms with Crippen LogP contribution in [0.5, 0.6) is 0 Å². The van der Waals surface area contributed by atoms with Gasteiger partial charge in [-0.1, -0.05) is 42.5 Å². The van der Waals surface area contributed by atoms with Gasteiger partial charge in [-0.15, -0.1) is 0 Å². The lowest BCUT2D eigenvalue weighted by atomic mass is 9.96. The molecule has 3 rings (SSSR count). The molecule has 0 spiro atoms. The van der Waals surface area contributed by atoms with Crippen LogP contribution in [0.4, 0.5) is 0 Å². The van der Waals surface area contributed by atoms with Crippen LogP contribution in [0.1, 0.15) is 24.0 Å². The second kappa shape index (κ2) is 9.86. The number of likely N-dealkylation sites (tertiary alicyclic amines) is 1. The Balaban J connectivity index is 1.52. The standard InChI is InChI=1S/C22H27N3O4S/c1-23-30(28,29)20-11-9-18(10-12-20)15-24-22(27)19-8-5-13-25(16-19)21(26)14-17-6-3-2-4-7-17/h2-4,6-7,9-12,19,23H,5,8,13-16H2,1H3,(H,24,27). The molecule has 2 aromatic carbocycles. The van der Waals surface area contributed by atoms with Crippen molar-refractivity contribution < 1.29 is 18.0 Å². The number of piperidine rings is 1. The van der Waals surface area contributed by atoms with Gasteiger partial charge in [0.2, 0.25) is 21.8 Å². The highest BCUT2D eigenvalue weighted by Gasteiger charge is 2.28. The van der Waals surface area contributed by atoms with Crippen LogP contribution in [-0.2, 0) is 32.6 Å². The van der Waals surface area contributed by atoms with Crippen LogP contribution in [0.3, 0.4) is 0 Å². The van der Waals surface area contributed by atoms with Gasteiger partial charge in [0, 0.05) is 19.6 Å². The van der Waals surface area contributed by atoms with Crippen LogP contribution in [0.15, 0.2) is 59.5 Å². The van der Waals surface area contributed by atoms with Gasteiger partial charge in [0.25, 0.3) is 0 Å². The molecule has 30 heavy (non-hydrogen) atoms. The third-order valence-corrected chi connectivity index (χ3v) is 6.74. The number of carbonyl (C=O) groups is 2. The molecule has 1 saturated heterocycles. The Morgan fingerprint density at radius 1 is 1.03 bits per heavy atom. The van der Waals surface area contributed by atoms with E-state index < -0.39 is 10.0 Å². The summed E-state index contributed by atoms with van der Waals surface area (Å²) < 4.78 is 25.8. The van der Waals surface area contributed by atoms with E-state index in [4.69, 9.17) is 0 Å². The molecule has 0 aromatic heterocycles. The summed E-state index contributed by atoms with van der Waals surface area (Å²) in [4.78, 5) is 27.2. The minimum Gasteiger partial charge on any atom is -0.352 e. The summed E-state index contributed by atoms with van der Waals surface area (Å²) in [7, 11) is -2.11. The van der Waals surface area contributed by atoms with Crippen LogP contribution < -0.4 is 10.0 Å². The number of nitrogens with zero attached hydrogens (tertiary/aromatic N) is 1. The third kappa shape index (κ3) is 5.67. The van der Waals surface area contributed by atoms with E-state index in [0.29, 0.717) is 26.1 Å². The molecule has 0 saturated carbocycles. The first-order chi connectivity index (χ1) is 14.4. The van der Waals surface area contributed by atoms with E-state index >= 15 is 0 Å². The average Bonchev–Trinajstić information content (AvgIpc) is 2.78. The van der Waals surface area contributed by atoms with Crippen LogP contribution in [0.25, 0.3) is 0 Å². The highest BCUT2D eigenvalue weighted by Crippen LogP contribution is 2.18. The molecule has 0 aliphatic carbocycles. The maximum absolute atomic E-state index is 12.6. The van der Waals surface area contributed by atoms with E-state index in [0.717, 1.165) is 24.0 Å². The Morgan fingerprint density at radius 3 is 2.40 bits per heavy atom. The number of benzene rings is 2. The van der Waals surface area contributed by atoms with E-state index in [1.165, 1.54) is 19.2 Å². The number of sulfonamides is 1. The van der Waals surface area contributed by atoms with Crippen molar-refractivity contribution in [1.82, 2.24) is 14.9 Å². The lowest BCUT2D eigenvalue weighted by Gasteiger charge is -2.32. The molecule has 1 fully saturated rings. The Labute approximate surface area is 177 Å². The van der Waals surface area contributed by atoms with E-state index in [1.54, 1.807) is 17.0 Å². The summed E-state index contributed by atoms with van der Waals surface area (Å²) in [6, 6.07) is 16.0. The van der Waals surface area contributed by atoms with Crippen molar-refractivity contribution in [3.8, 4) is 0 Å². The van der Waals surface area contributed by atoms with Gasteiger partial charge in [-0.2, -0.15) is 0 Å². The second-order valence-electron chi connectivity index (χ2n) is 7.41. The number of nitrogens with one attached hydrogen (secondary N) is 2. The molecule has 1 aliphatic heterocycles. The summed E-state index contributed by atoms with van der Waals surface area (Å²) in [6.07, 6.45) is 1.90. The van der Waals surface area contributed by atoms with Crippen molar-refractivity contribution in [3.63, 3.8) is 0 Å². The average molecular weight is 430 g/mol. The first kappa shape index (κ1) is 22.0. The molecule has 1 atom stereocenters. The van der Waals surface area contributed by atoms with E-state index in [2.05, 4.69) is 10.0 Å². The van der Waals surface area contributed by atoms with Crippen LogP contribution >= 0.6 is 0 Å². The summed E-state index contributed by atoms with van der Waals surface area (Å²) in [5, 5.41) is 2.91. The monoisotopic (exact) mass is 429 g/mol. The largest absolute Gasteiger partial charge is 0.352 e. The van der Waals surface area contributed by atoms with Crippen molar-refractivity contribution in [2.24, 2.45) is 5.92 Å². The van der Waals surface area contributed by atoms with Crippen LogP contribution in [0.2, 0.25) is 0 Å². The molecule has 160 valence electrons. The number of carbonyl (C=O) groups excluding carboxylic acids is 2. The smallest absolute Gasteiger partial charge is 0.240 e. The predicted molar refractivity (Wildman–Crippen MR) is 114 cm³/mol. The molecule has 2 N–H and O–H groups in total. The normalized spacial score (nSPS) is 16.8.